The van der Waals surface area contributed by atoms with E-state index in [1.807, 2.05) is 36.4 Å². The molecule has 1 heterocycles. The van der Waals surface area contributed by atoms with Crippen molar-refractivity contribution >= 4 is 17.6 Å². The molecular weight excluding hydrogens is 316 g/mol. The molecule has 2 aromatic carbocycles. The number of esters is 1. The summed E-state index contributed by atoms with van der Waals surface area (Å²) in [6.07, 6.45) is 0.570. The minimum Gasteiger partial charge on any atom is -0.496 e. The van der Waals surface area contributed by atoms with Crippen LogP contribution in [0.3, 0.4) is 0 Å². The van der Waals surface area contributed by atoms with E-state index in [2.05, 4.69) is 0 Å². The van der Waals surface area contributed by atoms with Gasteiger partial charge in [0, 0.05) is 10.6 Å². The maximum absolute atomic E-state index is 12.3. The summed E-state index contributed by atoms with van der Waals surface area (Å²) in [4.78, 5) is 12.3. The lowest BCUT2D eigenvalue weighted by Crippen LogP contribution is -2.29. The average Bonchev–Trinajstić information content (AvgIpc) is 2.59. The number of carbonyl (C=O) groups is 1. The molecule has 120 valence electrons. The second-order valence-electron chi connectivity index (χ2n) is 5.38. The molecule has 5 heteroatoms. The van der Waals surface area contributed by atoms with Gasteiger partial charge in [0.2, 0.25) is 0 Å². The molecule has 0 aliphatic carbocycles. The number of hydrogen-bond acceptors (Lipinski definition) is 4. The van der Waals surface area contributed by atoms with Gasteiger partial charge in [-0.3, -0.25) is 4.79 Å². The Morgan fingerprint density at radius 1 is 1.30 bits per heavy atom. The number of carbonyl (C=O) groups excluding carboxylic acids is 1. The molecule has 0 unspecified atom stereocenters. The first-order valence-electron chi connectivity index (χ1n) is 7.37. The zero-order chi connectivity index (χ0) is 16.2. The van der Waals surface area contributed by atoms with Gasteiger partial charge in [0.1, 0.15) is 24.7 Å². The number of halogens is 1. The monoisotopic (exact) mass is 332 g/mol. The van der Waals surface area contributed by atoms with E-state index in [9.17, 15) is 4.79 Å². The number of benzene rings is 2. The lowest BCUT2D eigenvalue weighted by atomic mass is 9.97. The molecule has 23 heavy (non-hydrogen) atoms. The van der Waals surface area contributed by atoms with Crippen molar-refractivity contribution < 1.29 is 19.0 Å². The second kappa shape index (κ2) is 6.92. The highest BCUT2D eigenvalue weighted by Gasteiger charge is 2.27. The van der Waals surface area contributed by atoms with Crippen molar-refractivity contribution in [3.05, 3.63) is 58.6 Å². The first-order valence-corrected chi connectivity index (χ1v) is 7.75. The Balaban J connectivity index is 1.63. The first kappa shape index (κ1) is 15.7. The molecule has 0 saturated heterocycles. The van der Waals surface area contributed by atoms with Crippen LogP contribution < -0.4 is 9.47 Å². The number of para-hydroxylation sites is 1. The summed E-state index contributed by atoms with van der Waals surface area (Å²) in [5.41, 5.74) is 1.77. The van der Waals surface area contributed by atoms with E-state index in [1.165, 1.54) is 0 Å². The average molecular weight is 333 g/mol. The number of hydrogen-bond donors (Lipinski definition) is 0. The molecule has 0 fully saturated rings. The Bertz CT molecular complexity index is 714. The molecular formula is C18H17ClO4. The van der Waals surface area contributed by atoms with Crippen LogP contribution in [0.5, 0.6) is 11.5 Å². The van der Waals surface area contributed by atoms with Crippen LogP contribution in [-0.2, 0) is 22.6 Å². The van der Waals surface area contributed by atoms with E-state index < -0.39 is 0 Å². The zero-order valence-electron chi connectivity index (χ0n) is 12.8. The summed E-state index contributed by atoms with van der Waals surface area (Å²) < 4.78 is 16.3. The van der Waals surface area contributed by atoms with Crippen molar-refractivity contribution in [3.8, 4) is 11.5 Å². The zero-order valence-corrected chi connectivity index (χ0v) is 13.5. The normalized spacial score (nSPS) is 16.2. The van der Waals surface area contributed by atoms with Crippen LogP contribution in [0.1, 0.15) is 11.1 Å². The fraction of sp³-hybridized carbons (Fsp3) is 0.278. The predicted molar refractivity (Wildman–Crippen MR) is 86.9 cm³/mol. The second-order valence-corrected chi connectivity index (χ2v) is 5.82. The molecule has 0 radical (unpaired) electrons. The van der Waals surface area contributed by atoms with E-state index >= 15 is 0 Å². The van der Waals surface area contributed by atoms with Crippen molar-refractivity contribution in [3.63, 3.8) is 0 Å². The highest BCUT2D eigenvalue weighted by molar-refractivity contribution is 6.30. The summed E-state index contributed by atoms with van der Waals surface area (Å²) in [6.45, 7) is 0.501. The van der Waals surface area contributed by atoms with Crippen LogP contribution in [0.2, 0.25) is 5.02 Å². The summed E-state index contributed by atoms with van der Waals surface area (Å²) >= 11 is 5.99. The molecule has 1 atom stereocenters. The van der Waals surface area contributed by atoms with E-state index in [1.54, 1.807) is 13.2 Å². The Morgan fingerprint density at radius 3 is 2.96 bits per heavy atom. The van der Waals surface area contributed by atoms with Crippen LogP contribution >= 0.6 is 11.6 Å². The van der Waals surface area contributed by atoms with E-state index in [-0.39, 0.29) is 18.5 Å². The molecule has 3 rings (SSSR count). The highest BCUT2D eigenvalue weighted by Crippen LogP contribution is 2.30. The Morgan fingerprint density at radius 2 is 2.13 bits per heavy atom. The number of methoxy groups -OCH3 is 1. The molecule has 2 aromatic rings. The standard InChI is InChI=1S/C18H17ClO4/c1-21-16-5-3-2-4-12(16)10-23-18(20)14-8-13-9-15(19)6-7-17(13)22-11-14/h2-7,9,14H,8,10-11H2,1H3/t14-/m0/s1. The lowest BCUT2D eigenvalue weighted by molar-refractivity contribution is -0.151. The van der Waals surface area contributed by atoms with Crippen molar-refractivity contribution in [1.29, 1.82) is 0 Å². The van der Waals surface area contributed by atoms with Crippen LogP contribution in [-0.4, -0.2) is 19.7 Å². The lowest BCUT2D eigenvalue weighted by Gasteiger charge is -2.24. The van der Waals surface area contributed by atoms with Crippen LogP contribution in [0.4, 0.5) is 0 Å². The van der Waals surface area contributed by atoms with Gasteiger partial charge in [-0.2, -0.15) is 0 Å². The Labute approximate surface area is 139 Å². The molecule has 0 saturated carbocycles. The SMILES string of the molecule is COc1ccccc1COC(=O)[C@@H]1COc2ccc(Cl)cc2C1. The number of fused-ring (bicyclic) bond motifs is 1. The van der Waals surface area contributed by atoms with Gasteiger partial charge < -0.3 is 14.2 Å². The fourth-order valence-electron chi connectivity index (χ4n) is 2.60. The van der Waals surface area contributed by atoms with Crippen molar-refractivity contribution in [2.45, 2.75) is 13.0 Å². The minimum absolute atomic E-state index is 0.182. The quantitative estimate of drug-likeness (QED) is 0.802. The Kier molecular flexibility index (Phi) is 4.72. The summed E-state index contributed by atoms with van der Waals surface area (Å²) in [5.74, 6) is 0.887. The van der Waals surface area contributed by atoms with Gasteiger partial charge in [0.25, 0.3) is 0 Å². The summed E-state index contributed by atoms with van der Waals surface area (Å²) in [6, 6.07) is 12.9. The van der Waals surface area contributed by atoms with Crippen molar-refractivity contribution in [1.82, 2.24) is 0 Å². The maximum atomic E-state index is 12.3. The molecule has 0 aromatic heterocycles. The third-order valence-electron chi connectivity index (χ3n) is 3.82. The topological polar surface area (TPSA) is 44.8 Å². The summed E-state index contributed by atoms with van der Waals surface area (Å²) in [5, 5.41) is 0.635. The van der Waals surface area contributed by atoms with Gasteiger partial charge in [0.15, 0.2) is 0 Å². The molecule has 1 aliphatic heterocycles. The van der Waals surface area contributed by atoms with Gasteiger partial charge in [-0.15, -0.1) is 0 Å². The van der Waals surface area contributed by atoms with E-state index in [0.29, 0.717) is 23.8 Å². The van der Waals surface area contributed by atoms with Gasteiger partial charge in [-0.05, 0) is 36.2 Å². The highest BCUT2D eigenvalue weighted by atomic mass is 35.5. The molecule has 0 amide bonds. The largest absolute Gasteiger partial charge is 0.496 e. The fourth-order valence-corrected chi connectivity index (χ4v) is 2.80. The van der Waals surface area contributed by atoms with Gasteiger partial charge in [-0.1, -0.05) is 29.8 Å². The molecule has 0 spiro atoms. The maximum Gasteiger partial charge on any atom is 0.313 e. The van der Waals surface area contributed by atoms with Gasteiger partial charge in [0.05, 0.1) is 13.0 Å². The molecule has 1 aliphatic rings. The van der Waals surface area contributed by atoms with E-state index in [4.69, 9.17) is 25.8 Å². The van der Waals surface area contributed by atoms with Crippen LogP contribution in [0.25, 0.3) is 0 Å². The van der Waals surface area contributed by atoms with Crippen molar-refractivity contribution in [2.75, 3.05) is 13.7 Å². The van der Waals surface area contributed by atoms with E-state index in [0.717, 1.165) is 16.9 Å². The molecule has 0 N–H and O–H groups in total. The smallest absolute Gasteiger partial charge is 0.313 e. The van der Waals surface area contributed by atoms with Crippen LogP contribution in [0, 0.1) is 5.92 Å². The third kappa shape index (κ3) is 3.59. The molecule has 4 nitrogen and oxygen atoms in total. The summed E-state index contributed by atoms with van der Waals surface area (Å²) in [7, 11) is 1.59. The minimum atomic E-state index is -0.323. The van der Waals surface area contributed by atoms with Gasteiger partial charge >= 0.3 is 5.97 Å². The van der Waals surface area contributed by atoms with Crippen LogP contribution in [0.15, 0.2) is 42.5 Å². The molecule has 0 bridgehead atoms. The number of ether oxygens (including phenoxy) is 3. The van der Waals surface area contributed by atoms with Gasteiger partial charge in [-0.25, -0.2) is 0 Å². The third-order valence-corrected chi connectivity index (χ3v) is 4.06. The van der Waals surface area contributed by atoms with Crippen molar-refractivity contribution in [2.24, 2.45) is 5.92 Å². The predicted octanol–water partition coefficient (Wildman–Crippen LogP) is 3.64. The first-order chi connectivity index (χ1) is 11.2. The Hall–Kier alpha value is -2.20. The number of rotatable bonds is 4.